The Bertz CT molecular complexity index is 583. The summed E-state index contributed by atoms with van der Waals surface area (Å²) in [6.07, 6.45) is 0. The van der Waals surface area contributed by atoms with Crippen LogP contribution in [-0.4, -0.2) is 25.6 Å². The molecule has 3 heteroatoms. The van der Waals surface area contributed by atoms with Gasteiger partial charge in [-0.1, -0.05) is 42.0 Å². The molecule has 0 aliphatic rings. The van der Waals surface area contributed by atoms with Gasteiger partial charge in [-0.15, -0.1) is 0 Å². The highest BCUT2D eigenvalue weighted by atomic mass is 16.5. The third kappa shape index (κ3) is 4.06. The van der Waals surface area contributed by atoms with E-state index in [0.29, 0.717) is 6.54 Å². The summed E-state index contributed by atoms with van der Waals surface area (Å²) in [4.78, 5) is 2.28. The maximum atomic E-state index is 6.00. The lowest BCUT2D eigenvalue weighted by Crippen LogP contribution is -2.30. The van der Waals surface area contributed by atoms with E-state index in [4.69, 9.17) is 10.5 Å². The Balaban J connectivity index is 2.16. The second-order valence-electron chi connectivity index (χ2n) is 5.43. The first-order valence-corrected chi connectivity index (χ1v) is 7.24. The van der Waals surface area contributed by atoms with E-state index in [1.807, 2.05) is 12.1 Å². The van der Waals surface area contributed by atoms with Crippen molar-refractivity contribution in [2.24, 2.45) is 5.73 Å². The molecule has 2 rings (SSSR count). The summed E-state index contributed by atoms with van der Waals surface area (Å²) in [5.41, 5.74) is 9.77. The molecule has 0 amide bonds. The summed E-state index contributed by atoms with van der Waals surface area (Å²) in [5.74, 6) is 0.870. The van der Waals surface area contributed by atoms with E-state index in [2.05, 4.69) is 55.3 Å². The van der Waals surface area contributed by atoms with Gasteiger partial charge in [0.2, 0.25) is 0 Å². The van der Waals surface area contributed by atoms with Gasteiger partial charge in [0.1, 0.15) is 5.75 Å². The number of ether oxygens (including phenoxy) is 1. The predicted octanol–water partition coefficient (Wildman–Crippen LogP) is 3.14. The SMILES string of the molecule is COc1cccc(C(CN)N(C)Cc2cccc(C)c2)c1. The van der Waals surface area contributed by atoms with Crippen molar-refractivity contribution in [3.8, 4) is 5.75 Å². The molecule has 0 saturated carbocycles. The molecular weight excluding hydrogens is 260 g/mol. The minimum absolute atomic E-state index is 0.181. The molecule has 2 aromatic rings. The first-order chi connectivity index (χ1) is 10.1. The number of benzene rings is 2. The fourth-order valence-corrected chi connectivity index (χ4v) is 2.63. The van der Waals surface area contributed by atoms with Gasteiger partial charge in [0.15, 0.2) is 0 Å². The summed E-state index contributed by atoms with van der Waals surface area (Å²) in [7, 11) is 3.80. The highest BCUT2D eigenvalue weighted by molar-refractivity contribution is 5.31. The third-order valence-electron chi connectivity index (χ3n) is 3.75. The Morgan fingerprint density at radius 3 is 2.57 bits per heavy atom. The van der Waals surface area contributed by atoms with E-state index < -0.39 is 0 Å². The first kappa shape index (κ1) is 15.5. The molecule has 0 aliphatic heterocycles. The number of hydrogen-bond donors (Lipinski definition) is 1. The van der Waals surface area contributed by atoms with Gasteiger partial charge in [-0.05, 0) is 37.2 Å². The standard InChI is InChI=1S/C18H24N2O/c1-14-6-4-7-15(10-14)13-20(2)18(12-19)16-8-5-9-17(11-16)21-3/h4-11,18H,12-13,19H2,1-3H3. The van der Waals surface area contributed by atoms with Crippen molar-refractivity contribution in [1.82, 2.24) is 4.90 Å². The lowest BCUT2D eigenvalue weighted by Gasteiger charge is -2.27. The molecule has 3 nitrogen and oxygen atoms in total. The van der Waals surface area contributed by atoms with Gasteiger partial charge in [0.05, 0.1) is 7.11 Å². The zero-order valence-electron chi connectivity index (χ0n) is 13.0. The van der Waals surface area contributed by atoms with Crippen LogP contribution in [-0.2, 0) is 6.54 Å². The Morgan fingerprint density at radius 1 is 1.14 bits per heavy atom. The highest BCUT2D eigenvalue weighted by Gasteiger charge is 2.16. The van der Waals surface area contributed by atoms with Crippen molar-refractivity contribution in [1.29, 1.82) is 0 Å². The summed E-state index contributed by atoms with van der Waals surface area (Å²) in [5, 5.41) is 0. The van der Waals surface area contributed by atoms with Gasteiger partial charge in [-0.25, -0.2) is 0 Å². The maximum Gasteiger partial charge on any atom is 0.119 e. The molecular formula is C18H24N2O. The maximum absolute atomic E-state index is 6.00. The molecule has 1 unspecified atom stereocenters. The van der Waals surface area contributed by atoms with Crippen LogP contribution in [0.3, 0.4) is 0 Å². The second kappa shape index (κ2) is 7.25. The van der Waals surface area contributed by atoms with Crippen molar-refractivity contribution in [2.45, 2.75) is 19.5 Å². The lowest BCUT2D eigenvalue weighted by molar-refractivity contribution is 0.241. The van der Waals surface area contributed by atoms with Gasteiger partial charge in [0.25, 0.3) is 0 Å². The number of methoxy groups -OCH3 is 1. The molecule has 0 bridgehead atoms. The van der Waals surface area contributed by atoms with Gasteiger partial charge in [-0.3, -0.25) is 4.90 Å². The van der Waals surface area contributed by atoms with Crippen LogP contribution in [0.4, 0.5) is 0 Å². The minimum Gasteiger partial charge on any atom is -0.497 e. The molecule has 2 aromatic carbocycles. The molecule has 0 radical (unpaired) electrons. The van der Waals surface area contributed by atoms with Crippen molar-refractivity contribution in [3.05, 3.63) is 65.2 Å². The minimum atomic E-state index is 0.181. The predicted molar refractivity (Wildman–Crippen MR) is 87.4 cm³/mol. The lowest BCUT2D eigenvalue weighted by atomic mass is 10.0. The number of likely N-dealkylation sites (N-methyl/N-ethyl adjacent to an activating group) is 1. The molecule has 1 atom stereocenters. The van der Waals surface area contributed by atoms with Gasteiger partial charge in [-0.2, -0.15) is 0 Å². The molecule has 2 N–H and O–H groups in total. The zero-order chi connectivity index (χ0) is 15.2. The molecule has 0 heterocycles. The molecule has 0 fully saturated rings. The van der Waals surface area contributed by atoms with Crippen LogP contribution in [0, 0.1) is 6.92 Å². The zero-order valence-corrected chi connectivity index (χ0v) is 13.0. The fourth-order valence-electron chi connectivity index (χ4n) is 2.63. The normalized spacial score (nSPS) is 12.4. The smallest absolute Gasteiger partial charge is 0.119 e. The van der Waals surface area contributed by atoms with Crippen LogP contribution in [0.25, 0.3) is 0 Å². The van der Waals surface area contributed by atoms with Crippen LogP contribution >= 0.6 is 0 Å². The quantitative estimate of drug-likeness (QED) is 0.885. The summed E-state index contributed by atoms with van der Waals surface area (Å²) in [6.45, 7) is 3.57. The molecule has 0 saturated heterocycles. The van der Waals surface area contributed by atoms with Crippen molar-refractivity contribution in [2.75, 3.05) is 20.7 Å². The molecule has 21 heavy (non-hydrogen) atoms. The van der Waals surface area contributed by atoms with Crippen molar-refractivity contribution < 1.29 is 4.74 Å². The molecule has 0 aliphatic carbocycles. The van der Waals surface area contributed by atoms with E-state index in [-0.39, 0.29) is 6.04 Å². The Labute approximate surface area is 127 Å². The summed E-state index contributed by atoms with van der Waals surface area (Å²) in [6, 6.07) is 16.9. The third-order valence-corrected chi connectivity index (χ3v) is 3.75. The number of aryl methyl sites for hydroxylation is 1. The number of nitrogens with zero attached hydrogens (tertiary/aromatic N) is 1. The van der Waals surface area contributed by atoms with Crippen LogP contribution in [0.5, 0.6) is 5.75 Å². The van der Waals surface area contributed by atoms with E-state index >= 15 is 0 Å². The van der Waals surface area contributed by atoms with Crippen molar-refractivity contribution in [3.63, 3.8) is 0 Å². The summed E-state index contributed by atoms with van der Waals surface area (Å²) < 4.78 is 5.30. The van der Waals surface area contributed by atoms with Gasteiger partial charge < -0.3 is 10.5 Å². The first-order valence-electron chi connectivity index (χ1n) is 7.24. The largest absolute Gasteiger partial charge is 0.497 e. The number of hydrogen-bond acceptors (Lipinski definition) is 3. The molecule has 0 spiro atoms. The summed E-state index contributed by atoms with van der Waals surface area (Å²) >= 11 is 0. The Morgan fingerprint density at radius 2 is 1.90 bits per heavy atom. The van der Waals surface area contributed by atoms with Crippen LogP contribution in [0.2, 0.25) is 0 Å². The highest BCUT2D eigenvalue weighted by Crippen LogP contribution is 2.24. The van der Waals surface area contributed by atoms with E-state index in [9.17, 15) is 0 Å². The van der Waals surface area contributed by atoms with Crippen LogP contribution in [0.1, 0.15) is 22.7 Å². The van der Waals surface area contributed by atoms with E-state index in [0.717, 1.165) is 12.3 Å². The second-order valence-corrected chi connectivity index (χ2v) is 5.43. The van der Waals surface area contributed by atoms with E-state index in [1.165, 1.54) is 16.7 Å². The fraction of sp³-hybridized carbons (Fsp3) is 0.333. The topological polar surface area (TPSA) is 38.5 Å². The van der Waals surface area contributed by atoms with Crippen LogP contribution < -0.4 is 10.5 Å². The Kier molecular flexibility index (Phi) is 5.37. The van der Waals surface area contributed by atoms with Gasteiger partial charge in [0, 0.05) is 19.1 Å². The average molecular weight is 284 g/mol. The average Bonchev–Trinajstić information content (AvgIpc) is 2.48. The van der Waals surface area contributed by atoms with Crippen molar-refractivity contribution >= 4 is 0 Å². The monoisotopic (exact) mass is 284 g/mol. The Hall–Kier alpha value is -1.84. The molecule has 112 valence electrons. The number of rotatable bonds is 6. The van der Waals surface area contributed by atoms with Crippen LogP contribution in [0.15, 0.2) is 48.5 Å². The molecule has 0 aromatic heterocycles. The number of nitrogens with two attached hydrogens (primary N) is 1. The van der Waals surface area contributed by atoms with E-state index in [1.54, 1.807) is 7.11 Å². The van der Waals surface area contributed by atoms with Gasteiger partial charge >= 0.3 is 0 Å².